The van der Waals surface area contributed by atoms with Gasteiger partial charge in [-0.2, -0.15) is 0 Å². The van der Waals surface area contributed by atoms with Crippen molar-refractivity contribution in [1.29, 1.82) is 0 Å². The van der Waals surface area contributed by atoms with Crippen molar-refractivity contribution in [2.45, 2.75) is 0 Å². The maximum atomic E-state index is 12.2. The van der Waals surface area contributed by atoms with Gasteiger partial charge in [-0.1, -0.05) is 34.1 Å². The predicted molar refractivity (Wildman–Crippen MR) is 84.6 cm³/mol. The third-order valence-electron chi connectivity index (χ3n) is 3.29. The van der Waals surface area contributed by atoms with E-state index >= 15 is 0 Å². The minimum atomic E-state index is -0.440. The summed E-state index contributed by atoms with van der Waals surface area (Å²) in [6, 6.07) is 13.6. The van der Waals surface area contributed by atoms with E-state index in [0.29, 0.717) is 16.8 Å². The van der Waals surface area contributed by atoms with Crippen molar-refractivity contribution in [2.75, 3.05) is 11.9 Å². The number of nitrogens with zero attached hydrogens (tertiary/aromatic N) is 1. The molecule has 6 heteroatoms. The second-order valence-corrected chi connectivity index (χ2v) is 5.72. The minimum absolute atomic E-state index is 0.307. The molecule has 110 valence electrons. The molecule has 22 heavy (non-hydrogen) atoms. The van der Waals surface area contributed by atoms with Gasteiger partial charge in [-0.25, -0.2) is 0 Å². The second kappa shape index (κ2) is 5.73. The first-order valence-corrected chi connectivity index (χ1v) is 7.36. The summed E-state index contributed by atoms with van der Waals surface area (Å²) in [5, 5.41) is 2.66. The highest BCUT2D eigenvalue weighted by Crippen LogP contribution is 2.22. The summed E-state index contributed by atoms with van der Waals surface area (Å²) in [7, 11) is 0. The zero-order valence-corrected chi connectivity index (χ0v) is 13.0. The average molecular weight is 359 g/mol. The SMILES string of the molecule is O=C(CN1C(=O)c2ccccc2C1=O)Nc1cccc(Br)c1. The van der Waals surface area contributed by atoms with E-state index < -0.39 is 17.7 Å². The molecule has 5 nitrogen and oxygen atoms in total. The van der Waals surface area contributed by atoms with E-state index in [4.69, 9.17) is 0 Å². The Morgan fingerprint density at radius 1 is 1.00 bits per heavy atom. The molecule has 0 aliphatic carbocycles. The number of anilines is 1. The maximum absolute atomic E-state index is 12.2. The number of benzene rings is 2. The molecule has 1 N–H and O–H groups in total. The molecule has 0 saturated carbocycles. The maximum Gasteiger partial charge on any atom is 0.262 e. The number of carbonyl (C=O) groups excluding carboxylic acids is 3. The summed E-state index contributed by atoms with van der Waals surface area (Å²) in [5.41, 5.74) is 1.27. The summed E-state index contributed by atoms with van der Waals surface area (Å²) in [6.07, 6.45) is 0. The summed E-state index contributed by atoms with van der Waals surface area (Å²) in [4.78, 5) is 37.3. The fourth-order valence-electron chi connectivity index (χ4n) is 2.29. The molecule has 0 aromatic heterocycles. The molecule has 2 aromatic carbocycles. The number of fused-ring (bicyclic) bond motifs is 1. The molecule has 1 aliphatic heterocycles. The third kappa shape index (κ3) is 2.65. The first-order valence-electron chi connectivity index (χ1n) is 6.57. The van der Waals surface area contributed by atoms with Crippen LogP contribution in [0.4, 0.5) is 5.69 Å². The molecule has 1 aliphatic rings. The summed E-state index contributed by atoms with van der Waals surface area (Å²) in [5.74, 6) is -1.30. The number of imide groups is 1. The fraction of sp³-hybridized carbons (Fsp3) is 0.0625. The first kappa shape index (κ1) is 14.5. The van der Waals surface area contributed by atoms with E-state index in [1.54, 1.807) is 42.5 Å². The standard InChI is InChI=1S/C16H11BrN2O3/c17-10-4-3-5-11(8-10)18-14(20)9-19-15(21)12-6-1-2-7-13(12)16(19)22/h1-8H,9H2,(H,18,20). The van der Waals surface area contributed by atoms with Crippen LogP contribution in [0.1, 0.15) is 20.7 Å². The van der Waals surface area contributed by atoms with Gasteiger partial charge in [-0.15, -0.1) is 0 Å². The van der Waals surface area contributed by atoms with Gasteiger partial charge >= 0.3 is 0 Å². The Morgan fingerprint density at radius 3 is 2.23 bits per heavy atom. The van der Waals surface area contributed by atoms with Crippen LogP contribution >= 0.6 is 15.9 Å². The van der Waals surface area contributed by atoms with Crippen LogP contribution in [0.5, 0.6) is 0 Å². The molecular weight excluding hydrogens is 348 g/mol. The van der Waals surface area contributed by atoms with Gasteiger partial charge in [0.25, 0.3) is 11.8 Å². The lowest BCUT2D eigenvalue weighted by molar-refractivity contribution is -0.116. The van der Waals surface area contributed by atoms with Crippen LogP contribution in [0.2, 0.25) is 0 Å². The van der Waals surface area contributed by atoms with Crippen molar-refractivity contribution >= 4 is 39.3 Å². The van der Waals surface area contributed by atoms with Crippen molar-refractivity contribution in [3.05, 3.63) is 64.1 Å². The highest BCUT2D eigenvalue weighted by molar-refractivity contribution is 9.10. The van der Waals surface area contributed by atoms with Crippen LogP contribution < -0.4 is 5.32 Å². The van der Waals surface area contributed by atoms with E-state index in [2.05, 4.69) is 21.2 Å². The van der Waals surface area contributed by atoms with Gasteiger partial charge in [-0.3, -0.25) is 19.3 Å². The normalized spacial score (nSPS) is 13.2. The monoisotopic (exact) mass is 358 g/mol. The molecule has 3 rings (SSSR count). The molecule has 0 spiro atoms. The van der Waals surface area contributed by atoms with Crippen molar-refractivity contribution in [1.82, 2.24) is 4.90 Å². The lowest BCUT2D eigenvalue weighted by Crippen LogP contribution is -2.37. The molecule has 1 heterocycles. The van der Waals surface area contributed by atoms with Gasteiger partial charge in [0.15, 0.2) is 0 Å². The number of carbonyl (C=O) groups is 3. The highest BCUT2D eigenvalue weighted by atomic mass is 79.9. The molecule has 0 radical (unpaired) electrons. The number of amides is 3. The minimum Gasteiger partial charge on any atom is -0.324 e. The Balaban J connectivity index is 1.73. The van der Waals surface area contributed by atoms with Crippen molar-refractivity contribution in [2.24, 2.45) is 0 Å². The van der Waals surface area contributed by atoms with Crippen LogP contribution in [-0.2, 0) is 4.79 Å². The zero-order valence-electron chi connectivity index (χ0n) is 11.4. The van der Waals surface area contributed by atoms with Gasteiger partial charge in [0.2, 0.25) is 5.91 Å². The fourth-order valence-corrected chi connectivity index (χ4v) is 2.69. The van der Waals surface area contributed by atoms with Crippen LogP contribution in [-0.4, -0.2) is 29.2 Å². The van der Waals surface area contributed by atoms with Crippen LogP contribution in [0, 0.1) is 0 Å². The Hall–Kier alpha value is -2.47. The van der Waals surface area contributed by atoms with E-state index in [0.717, 1.165) is 9.37 Å². The first-order chi connectivity index (χ1) is 10.6. The van der Waals surface area contributed by atoms with Gasteiger partial charge in [0, 0.05) is 10.2 Å². The van der Waals surface area contributed by atoms with Crippen molar-refractivity contribution < 1.29 is 14.4 Å². The number of nitrogens with one attached hydrogen (secondary N) is 1. The van der Waals surface area contributed by atoms with Crippen LogP contribution in [0.3, 0.4) is 0 Å². The number of hydrogen-bond acceptors (Lipinski definition) is 3. The molecule has 0 saturated heterocycles. The zero-order chi connectivity index (χ0) is 15.7. The summed E-state index contributed by atoms with van der Waals surface area (Å²) < 4.78 is 0.825. The smallest absolute Gasteiger partial charge is 0.262 e. The molecule has 0 atom stereocenters. The molecule has 3 amide bonds. The van der Waals surface area contributed by atoms with E-state index in [9.17, 15) is 14.4 Å². The topological polar surface area (TPSA) is 66.5 Å². The summed E-state index contributed by atoms with van der Waals surface area (Å²) >= 11 is 3.31. The third-order valence-corrected chi connectivity index (χ3v) is 3.78. The van der Waals surface area contributed by atoms with E-state index in [1.165, 1.54) is 0 Å². The Morgan fingerprint density at radius 2 is 1.64 bits per heavy atom. The van der Waals surface area contributed by atoms with Gasteiger partial charge in [0.1, 0.15) is 6.54 Å². The Bertz CT molecular complexity index is 753. The van der Waals surface area contributed by atoms with Crippen molar-refractivity contribution in [3.63, 3.8) is 0 Å². The van der Waals surface area contributed by atoms with Crippen LogP contribution in [0.25, 0.3) is 0 Å². The molecule has 0 unspecified atom stereocenters. The molecule has 2 aromatic rings. The lowest BCUT2D eigenvalue weighted by Gasteiger charge is -2.13. The Labute approximate surface area is 135 Å². The summed E-state index contributed by atoms with van der Waals surface area (Å²) in [6.45, 7) is -0.307. The largest absolute Gasteiger partial charge is 0.324 e. The predicted octanol–water partition coefficient (Wildman–Crippen LogP) is 2.68. The molecular formula is C16H11BrN2O3. The van der Waals surface area contributed by atoms with Gasteiger partial charge in [0.05, 0.1) is 11.1 Å². The Kier molecular flexibility index (Phi) is 3.77. The highest BCUT2D eigenvalue weighted by Gasteiger charge is 2.36. The van der Waals surface area contributed by atoms with E-state index in [1.807, 2.05) is 6.07 Å². The molecule has 0 fully saturated rings. The van der Waals surface area contributed by atoms with Gasteiger partial charge < -0.3 is 5.32 Å². The molecule has 0 bridgehead atoms. The average Bonchev–Trinajstić information content (AvgIpc) is 2.73. The second-order valence-electron chi connectivity index (χ2n) is 4.80. The number of rotatable bonds is 3. The lowest BCUT2D eigenvalue weighted by atomic mass is 10.1. The van der Waals surface area contributed by atoms with E-state index in [-0.39, 0.29) is 6.54 Å². The van der Waals surface area contributed by atoms with Gasteiger partial charge in [-0.05, 0) is 30.3 Å². The number of halogens is 1. The van der Waals surface area contributed by atoms with Crippen LogP contribution in [0.15, 0.2) is 53.0 Å². The quantitative estimate of drug-likeness (QED) is 0.857. The van der Waals surface area contributed by atoms with Crippen molar-refractivity contribution in [3.8, 4) is 0 Å². The number of hydrogen-bond donors (Lipinski definition) is 1.